The van der Waals surface area contributed by atoms with E-state index in [1.807, 2.05) is 44.2 Å². The van der Waals surface area contributed by atoms with Crippen LogP contribution in [0, 0.1) is 0 Å². The lowest BCUT2D eigenvalue weighted by atomic mass is 10.1. The van der Waals surface area contributed by atoms with Gasteiger partial charge >= 0.3 is 0 Å². The van der Waals surface area contributed by atoms with Crippen molar-refractivity contribution in [3.8, 4) is 11.5 Å². The maximum Gasteiger partial charge on any atom is 0.196 e. The van der Waals surface area contributed by atoms with Gasteiger partial charge in [-0.3, -0.25) is 4.79 Å². The van der Waals surface area contributed by atoms with Crippen LogP contribution in [-0.2, 0) is 9.47 Å². The third kappa shape index (κ3) is 4.58. The molecule has 5 nitrogen and oxygen atoms in total. The summed E-state index contributed by atoms with van der Waals surface area (Å²) in [5.74, 6) is 1.21. The molecule has 144 valence electrons. The van der Waals surface area contributed by atoms with Crippen LogP contribution in [0.1, 0.15) is 13.8 Å². The Morgan fingerprint density at radius 3 is 2.26 bits per heavy atom. The van der Waals surface area contributed by atoms with Gasteiger partial charge in [-0.05, 0) is 38.1 Å². The Hall–Kier alpha value is -2.15. The summed E-state index contributed by atoms with van der Waals surface area (Å²) < 4.78 is 24.3. The number of rotatable bonds is 10. The highest BCUT2D eigenvalue weighted by Crippen LogP contribution is 2.39. The van der Waals surface area contributed by atoms with Crippen molar-refractivity contribution in [2.24, 2.45) is 0 Å². The molecule has 0 unspecified atom stereocenters. The molecule has 6 heteroatoms. The van der Waals surface area contributed by atoms with E-state index in [0.29, 0.717) is 56.5 Å². The first-order valence-electron chi connectivity index (χ1n) is 9.15. The largest absolute Gasteiger partial charge is 0.487 e. The zero-order chi connectivity index (χ0) is 19.1. The second kappa shape index (κ2) is 9.69. The van der Waals surface area contributed by atoms with Crippen molar-refractivity contribution in [1.82, 2.24) is 0 Å². The van der Waals surface area contributed by atoms with Crippen LogP contribution in [-0.4, -0.2) is 39.6 Å². The van der Waals surface area contributed by atoms with Gasteiger partial charge in [0.1, 0.15) is 13.2 Å². The van der Waals surface area contributed by atoms with Crippen molar-refractivity contribution in [3.05, 3.63) is 46.6 Å². The molecule has 0 spiro atoms. The quantitative estimate of drug-likeness (QED) is 0.384. The lowest BCUT2D eigenvalue weighted by Gasteiger charge is -2.15. The second-order valence-corrected chi connectivity index (χ2v) is 6.84. The summed E-state index contributed by atoms with van der Waals surface area (Å²) in [4.78, 5) is 12.9. The van der Waals surface area contributed by atoms with Crippen LogP contribution in [0.25, 0.3) is 20.2 Å². The van der Waals surface area contributed by atoms with Crippen LogP contribution in [0.3, 0.4) is 0 Å². The van der Waals surface area contributed by atoms with E-state index in [9.17, 15) is 4.79 Å². The lowest BCUT2D eigenvalue weighted by Crippen LogP contribution is -2.11. The molecule has 0 atom stereocenters. The molecule has 0 aliphatic rings. The molecule has 1 aromatic heterocycles. The van der Waals surface area contributed by atoms with Crippen molar-refractivity contribution in [1.29, 1.82) is 0 Å². The van der Waals surface area contributed by atoms with E-state index in [2.05, 4.69) is 0 Å². The molecule has 0 saturated heterocycles. The molecule has 0 bridgehead atoms. The first-order chi connectivity index (χ1) is 13.3. The number of benzene rings is 2. The zero-order valence-electron chi connectivity index (χ0n) is 15.7. The number of hydrogen-bond acceptors (Lipinski definition) is 6. The minimum atomic E-state index is 0.00914. The maximum atomic E-state index is 12.9. The number of ether oxygens (including phenoxy) is 4. The van der Waals surface area contributed by atoms with Gasteiger partial charge in [-0.25, -0.2) is 0 Å². The molecule has 0 aliphatic heterocycles. The zero-order valence-corrected chi connectivity index (χ0v) is 16.5. The molecular weight excluding hydrogens is 364 g/mol. The topological polar surface area (TPSA) is 54.0 Å². The van der Waals surface area contributed by atoms with E-state index < -0.39 is 0 Å². The average molecular weight is 388 g/mol. The lowest BCUT2D eigenvalue weighted by molar-refractivity contribution is 0.101. The first kappa shape index (κ1) is 19.6. The van der Waals surface area contributed by atoms with Crippen molar-refractivity contribution in [2.45, 2.75) is 13.8 Å². The summed E-state index contributed by atoms with van der Waals surface area (Å²) in [6, 6.07) is 11.2. The summed E-state index contributed by atoms with van der Waals surface area (Å²) in [6.07, 6.45) is 0. The van der Waals surface area contributed by atoms with Crippen LogP contribution < -0.4 is 14.9 Å². The third-order valence-corrected chi connectivity index (χ3v) is 5.22. The SMILES string of the molecule is CCOCCOc1ccc2c(=O)c3ccccc3sc2c1OCCOCC. The van der Waals surface area contributed by atoms with Gasteiger partial charge in [-0.2, -0.15) is 0 Å². The third-order valence-electron chi connectivity index (χ3n) is 4.03. The minimum Gasteiger partial charge on any atom is -0.487 e. The molecule has 0 saturated carbocycles. The molecule has 3 aromatic rings. The number of fused-ring (bicyclic) bond motifs is 2. The van der Waals surface area contributed by atoms with E-state index in [-0.39, 0.29) is 5.43 Å². The smallest absolute Gasteiger partial charge is 0.196 e. The summed E-state index contributed by atoms with van der Waals surface area (Å²) >= 11 is 1.54. The molecule has 2 aromatic carbocycles. The van der Waals surface area contributed by atoms with Gasteiger partial charge in [-0.1, -0.05) is 12.1 Å². The van der Waals surface area contributed by atoms with Crippen molar-refractivity contribution < 1.29 is 18.9 Å². The van der Waals surface area contributed by atoms with Gasteiger partial charge in [0, 0.05) is 28.7 Å². The van der Waals surface area contributed by atoms with Crippen LogP contribution in [0.2, 0.25) is 0 Å². The molecule has 3 rings (SSSR count). The maximum absolute atomic E-state index is 12.9. The van der Waals surface area contributed by atoms with Gasteiger partial charge in [0.15, 0.2) is 16.9 Å². The van der Waals surface area contributed by atoms with E-state index in [1.165, 1.54) is 11.3 Å². The normalized spacial score (nSPS) is 11.2. The molecule has 0 fully saturated rings. The standard InChI is InChI=1S/C21H24O5S/c1-3-23-11-13-25-17-10-9-16-19(22)15-7-5-6-8-18(15)27-21(16)20(17)26-14-12-24-4-2/h5-10H,3-4,11-14H2,1-2H3. The minimum absolute atomic E-state index is 0.00914. The highest BCUT2D eigenvalue weighted by molar-refractivity contribution is 7.24. The summed E-state index contributed by atoms with van der Waals surface area (Å²) in [7, 11) is 0. The molecule has 1 heterocycles. The van der Waals surface area contributed by atoms with Crippen LogP contribution in [0.5, 0.6) is 11.5 Å². The van der Waals surface area contributed by atoms with Crippen LogP contribution in [0.15, 0.2) is 41.2 Å². The fourth-order valence-corrected chi connectivity index (χ4v) is 3.94. The Kier molecular flexibility index (Phi) is 7.04. The predicted molar refractivity (Wildman–Crippen MR) is 110 cm³/mol. The fourth-order valence-electron chi connectivity index (χ4n) is 2.78. The highest BCUT2D eigenvalue weighted by atomic mass is 32.1. The van der Waals surface area contributed by atoms with Crippen LogP contribution in [0.4, 0.5) is 0 Å². The van der Waals surface area contributed by atoms with Gasteiger partial charge in [0.2, 0.25) is 0 Å². The van der Waals surface area contributed by atoms with E-state index in [1.54, 1.807) is 6.07 Å². The second-order valence-electron chi connectivity index (χ2n) is 5.79. The fraction of sp³-hybridized carbons (Fsp3) is 0.381. The summed E-state index contributed by atoms with van der Waals surface area (Å²) in [5, 5.41) is 1.36. The van der Waals surface area contributed by atoms with E-state index >= 15 is 0 Å². The van der Waals surface area contributed by atoms with E-state index in [0.717, 1.165) is 14.8 Å². The van der Waals surface area contributed by atoms with Crippen LogP contribution >= 0.6 is 11.3 Å². The van der Waals surface area contributed by atoms with Crippen molar-refractivity contribution in [3.63, 3.8) is 0 Å². The summed E-state index contributed by atoms with van der Waals surface area (Å²) in [6.45, 7) is 6.96. The molecule has 27 heavy (non-hydrogen) atoms. The Morgan fingerprint density at radius 2 is 1.52 bits per heavy atom. The van der Waals surface area contributed by atoms with E-state index in [4.69, 9.17) is 18.9 Å². The molecule has 0 amide bonds. The Labute approximate surface area is 162 Å². The number of hydrogen-bond donors (Lipinski definition) is 0. The van der Waals surface area contributed by atoms with Crippen molar-refractivity contribution >= 4 is 31.5 Å². The monoisotopic (exact) mass is 388 g/mol. The predicted octanol–water partition coefficient (Wildman–Crippen LogP) is 4.25. The first-order valence-corrected chi connectivity index (χ1v) is 9.97. The van der Waals surface area contributed by atoms with Gasteiger partial charge in [0.05, 0.1) is 17.9 Å². The molecule has 0 aliphatic carbocycles. The van der Waals surface area contributed by atoms with Gasteiger partial charge in [-0.15, -0.1) is 11.3 Å². The Balaban J connectivity index is 2.02. The van der Waals surface area contributed by atoms with Gasteiger partial charge < -0.3 is 18.9 Å². The Bertz CT molecular complexity index is 950. The molecular formula is C21H24O5S. The average Bonchev–Trinajstić information content (AvgIpc) is 2.69. The summed E-state index contributed by atoms with van der Waals surface area (Å²) in [5.41, 5.74) is 0.00914. The van der Waals surface area contributed by atoms with Gasteiger partial charge in [0.25, 0.3) is 0 Å². The van der Waals surface area contributed by atoms with Crippen molar-refractivity contribution in [2.75, 3.05) is 39.6 Å². The molecule has 0 N–H and O–H groups in total. The Morgan fingerprint density at radius 1 is 0.815 bits per heavy atom. The highest BCUT2D eigenvalue weighted by Gasteiger charge is 2.15. The molecule has 0 radical (unpaired) electrons.